The van der Waals surface area contributed by atoms with E-state index in [-0.39, 0.29) is 5.91 Å². The lowest BCUT2D eigenvalue weighted by Gasteiger charge is -2.12. The van der Waals surface area contributed by atoms with Crippen molar-refractivity contribution in [3.63, 3.8) is 0 Å². The smallest absolute Gasteiger partial charge is 0.267 e. The van der Waals surface area contributed by atoms with Crippen molar-refractivity contribution in [2.24, 2.45) is 4.99 Å². The van der Waals surface area contributed by atoms with Gasteiger partial charge in [0.1, 0.15) is 6.54 Å². The van der Waals surface area contributed by atoms with E-state index in [0.29, 0.717) is 6.54 Å². The molecule has 0 aromatic carbocycles. The molecule has 5 heteroatoms. The molecular formula is C5H7IN2OS. The third-order valence-corrected chi connectivity index (χ3v) is 2.68. The Balaban J connectivity index is 2.65. The normalized spacial score (nSPS) is 18.0. The summed E-state index contributed by atoms with van der Waals surface area (Å²) in [6, 6.07) is 0. The molecule has 1 heterocycles. The zero-order valence-electron chi connectivity index (χ0n) is 5.50. The summed E-state index contributed by atoms with van der Waals surface area (Å²) in [7, 11) is 0. The molecule has 1 aliphatic rings. The fraction of sp³-hybridized carbons (Fsp3) is 0.600. The summed E-state index contributed by atoms with van der Waals surface area (Å²) in [5.74, 6) is -0.0268. The van der Waals surface area contributed by atoms with E-state index >= 15 is 0 Å². The standard InChI is InChI=1S/C5H7IN2OS/c1-10-5-7-4(9)2-8(5)3-6/h2-3H2,1H3. The molecule has 0 aliphatic carbocycles. The monoisotopic (exact) mass is 270 g/mol. The zero-order chi connectivity index (χ0) is 7.56. The predicted molar refractivity (Wildman–Crippen MR) is 51.6 cm³/mol. The molecule has 1 aliphatic heterocycles. The maximum absolute atomic E-state index is 10.7. The van der Waals surface area contributed by atoms with Crippen molar-refractivity contribution in [3.8, 4) is 0 Å². The maximum Gasteiger partial charge on any atom is 0.267 e. The molecule has 0 unspecified atom stereocenters. The van der Waals surface area contributed by atoms with Crippen LogP contribution in [0.5, 0.6) is 0 Å². The van der Waals surface area contributed by atoms with Crippen LogP contribution in [0.3, 0.4) is 0 Å². The molecule has 1 rings (SSSR count). The number of hydrogen-bond acceptors (Lipinski definition) is 3. The summed E-state index contributed by atoms with van der Waals surface area (Å²) in [5.41, 5.74) is 0. The predicted octanol–water partition coefficient (Wildman–Crippen LogP) is 0.940. The number of carbonyl (C=O) groups excluding carboxylic acids is 1. The number of halogens is 1. The van der Waals surface area contributed by atoms with Gasteiger partial charge >= 0.3 is 0 Å². The summed E-state index contributed by atoms with van der Waals surface area (Å²) >= 11 is 3.74. The number of carbonyl (C=O) groups is 1. The minimum atomic E-state index is -0.0268. The molecule has 0 aromatic heterocycles. The molecule has 0 saturated carbocycles. The van der Waals surface area contributed by atoms with Crippen LogP contribution in [-0.4, -0.2) is 33.3 Å². The van der Waals surface area contributed by atoms with Gasteiger partial charge in [0.25, 0.3) is 5.91 Å². The second-order valence-electron chi connectivity index (χ2n) is 1.81. The van der Waals surface area contributed by atoms with Gasteiger partial charge in [0, 0.05) is 0 Å². The maximum atomic E-state index is 10.7. The Labute approximate surface area is 77.4 Å². The van der Waals surface area contributed by atoms with Gasteiger partial charge in [0.15, 0.2) is 5.17 Å². The van der Waals surface area contributed by atoms with Gasteiger partial charge in [0.2, 0.25) is 0 Å². The number of aliphatic imine (C=N–C) groups is 1. The van der Waals surface area contributed by atoms with Crippen LogP contribution in [-0.2, 0) is 4.79 Å². The third kappa shape index (κ3) is 1.63. The highest BCUT2D eigenvalue weighted by Gasteiger charge is 2.20. The molecule has 0 radical (unpaired) electrons. The van der Waals surface area contributed by atoms with Gasteiger partial charge in [-0.25, -0.2) is 0 Å². The van der Waals surface area contributed by atoms with E-state index in [2.05, 4.69) is 27.6 Å². The fourth-order valence-electron chi connectivity index (χ4n) is 0.712. The fourth-order valence-corrected chi connectivity index (χ4v) is 2.09. The van der Waals surface area contributed by atoms with E-state index in [1.165, 1.54) is 11.8 Å². The van der Waals surface area contributed by atoms with Crippen LogP contribution < -0.4 is 0 Å². The van der Waals surface area contributed by atoms with E-state index in [1.807, 2.05) is 11.2 Å². The average molecular weight is 270 g/mol. The Hall–Kier alpha value is 0.220. The average Bonchev–Trinajstić information content (AvgIpc) is 2.30. The summed E-state index contributed by atoms with van der Waals surface area (Å²) in [5, 5.41) is 0.847. The molecule has 0 spiro atoms. The van der Waals surface area contributed by atoms with Crippen molar-refractivity contribution < 1.29 is 4.79 Å². The number of alkyl halides is 1. The Kier molecular flexibility index (Phi) is 2.96. The number of hydrogen-bond donors (Lipinski definition) is 0. The molecule has 0 saturated heterocycles. The van der Waals surface area contributed by atoms with E-state index in [1.54, 1.807) is 0 Å². The van der Waals surface area contributed by atoms with Crippen molar-refractivity contribution in [3.05, 3.63) is 0 Å². The van der Waals surface area contributed by atoms with Crippen molar-refractivity contribution in [1.29, 1.82) is 0 Å². The molecule has 0 aromatic rings. The van der Waals surface area contributed by atoms with Crippen LogP contribution in [0.25, 0.3) is 0 Å². The Morgan fingerprint density at radius 2 is 2.60 bits per heavy atom. The Morgan fingerprint density at radius 3 is 3.00 bits per heavy atom. The first-order chi connectivity index (χ1) is 4.77. The van der Waals surface area contributed by atoms with Gasteiger partial charge in [-0.05, 0) is 6.26 Å². The third-order valence-electron chi connectivity index (χ3n) is 1.14. The number of nitrogens with zero attached hydrogens (tertiary/aromatic N) is 2. The minimum Gasteiger partial charge on any atom is -0.333 e. The van der Waals surface area contributed by atoms with Gasteiger partial charge in [-0.1, -0.05) is 34.4 Å². The number of thioether (sulfide) groups is 1. The first-order valence-electron chi connectivity index (χ1n) is 2.74. The molecule has 0 N–H and O–H groups in total. The van der Waals surface area contributed by atoms with Crippen LogP contribution in [0.4, 0.5) is 0 Å². The van der Waals surface area contributed by atoms with Gasteiger partial charge in [0.05, 0.1) is 4.55 Å². The van der Waals surface area contributed by atoms with Crippen molar-refractivity contribution in [1.82, 2.24) is 4.90 Å². The van der Waals surface area contributed by atoms with Gasteiger partial charge in [-0.3, -0.25) is 4.79 Å². The minimum absolute atomic E-state index is 0.0268. The van der Waals surface area contributed by atoms with Gasteiger partial charge in [-0.2, -0.15) is 4.99 Å². The summed E-state index contributed by atoms with van der Waals surface area (Å²) in [4.78, 5) is 16.5. The number of amides is 1. The molecular weight excluding hydrogens is 263 g/mol. The van der Waals surface area contributed by atoms with Crippen LogP contribution in [0.15, 0.2) is 4.99 Å². The molecule has 3 nitrogen and oxygen atoms in total. The summed E-state index contributed by atoms with van der Waals surface area (Å²) in [6.45, 7) is 0.457. The van der Waals surface area contributed by atoms with Crippen molar-refractivity contribution in [2.45, 2.75) is 0 Å². The number of amidine groups is 1. The van der Waals surface area contributed by atoms with E-state index in [4.69, 9.17) is 0 Å². The first-order valence-corrected chi connectivity index (χ1v) is 5.49. The van der Waals surface area contributed by atoms with E-state index in [0.717, 1.165) is 9.72 Å². The molecule has 1 amide bonds. The SMILES string of the molecule is CSC1=NC(=O)CN1CI. The lowest BCUT2D eigenvalue weighted by molar-refractivity contribution is -0.116. The van der Waals surface area contributed by atoms with Gasteiger partial charge < -0.3 is 4.90 Å². The van der Waals surface area contributed by atoms with Crippen LogP contribution >= 0.6 is 34.4 Å². The topological polar surface area (TPSA) is 32.7 Å². The summed E-state index contributed by atoms with van der Waals surface area (Å²) in [6.07, 6.45) is 1.93. The second-order valence-corrected chi connectivity index (χ2v) is 3.27. The van der Waals surface area contributed by atoms with E-state index < -0.39 is 0 Å². The van der Waals surface area contributed by atoms with Crippen molar-refractivity contribution in [2.75, 3.05) is 17.4 Å². The van der Waals surface area contributed by atoms with Crippen LogP contribution in [0.2, 0.25) is 0 Å². The lowest BCUT2D eigenvalue weighted by atomic mass is 10.6. The highest BCUT2D eigenvalue weighted by molar-refractivity contribution is 14.1. The molecule has 0 bridgehead atoms. The highest BCUT2D eigenvalue weighted by Crippen LogP contribution is 2.12. The Bertz CT molecular complexity index is 182. The quantitative estimate of drug-likeness (QED) is 0.404. The van der Waals surface area contributed by atoms with Crippen LogP contribution in [0.1, 0.15) is 0 Å². The second kappa shape index (κ2) is 3.56. The largest absolute Gasteiger partial charge is 0.333 e. The summed E-state index contributed by atoms with van der Waals surface area (Å²) < 4.78 is 0.836. The molecule has 56 valence electrons. The van der Waals surface area contributed by atoms with E-state index in [9.17, 15) is 4.79 Å². The number of rotatable bonds is 1. The van der Waals surface area contributed by atoms with Crippen LogP contribution in [0, 0.1) is 0 Å². The molecule has 10 heavy (non-hydrogen) atoms. The lowest BCUT2D eigenvalue weighted by Crippen LogP contribution is -2.24. The highest BCUT2D eigenvalue weighted by atomic mass is 127. The molecule has 0 atom stereocenters. The Morgan fingerprint density at radius 1 is 1.90 bits per heavy atom. The van der Waals surface area contributed by atoms with Crippen molar-refractivity contribution >= 4 is 45.4 Å². The first kappa shape index (κ1) is 8.32. The van der Waals surface area contributed by atoms with Gasteiger partial charge in [-0.15, -0.1) is 0 Å². The molecule has 0 fully saturated rings. The zero-order valence-corrected chi connectivity index (χ0v) is 8.48.